The van der Waals surface area contributed by atoms with Gasteiger partial charge in [0.25, 0.3) is 0 Å². The molecule has 1 aliphatic rings. The van der Waals surface area contributed by atoms with Crippen LogP contribution >= 0.6 is 23.1 Å². The van der Waals surface area contributed by atoms with Gasteiger partial charge in [-0.05, 0) is 0 Å². The fourth-order valence-corrected chi connectivity index (χ4v) is 3.79. The number of rotatable bonds is 6. The van der Waals surface area contributed by atoms with Crippen LogP contribution < -0.4 is 16.4 Å². The van der Waals surface area contributed by atoms with Crippen LogP contribution in [0.25, 0.3) is 0 Å². The Morgan fingerprint density at radius 3 is 3.09 bits per heavy atom. The molecule has 126 valence electrons. The third kappa shape index (κ3) is 5.69. The van der Waals surface area contributed by atoms with Crippen LogP contribution in [0.2, 0.25) is 0 Å². The van der Waals surface area contributed by atoms with Crippen LogP contribution in [-0.2, 0) is 16.0 Å². The van der Waals surface area contributed by atoms with Gasteiger partial charge >= 0.3 is 10.2 Å². The molecule has 0 saturated heterocycles. The third-order valence-corrected chi connectivity index (χ3v) is 5.03. The first-order valence-corrected chi connectivity index (χ1v) is 9.79. The molecule has 0 bridgehead atoms. The summed E-state index contributed by atoms with van der Waals surface area (Å²) in [5.41, 5.74) is 6.13. The zero-order valence-corrected chi connectivity index (χ0v) is 14.6. The molecule has 5 N–H and O–H groups in total. The summed E-state index contributed by atoms with van der Waals surface area (Å²) in [6.45, 7) is 0.555. The van der Waals surface area contributed by atoms with Crippen molar-refractivity contribution in [3.63, 3.8) is 0 Å². The molecule has 0 aromatic carbocycles. The Morgan fingerprint density at radius 1 is 1.57 bits per heavy atom. The quantitative estimate of drug-likeness (QED) is 0.304. The van der Waals surface area contributed by atoms with Crippen LogP contribution in [0.1, 0.15) is 5.69 Å². The van der Waals surface area contributed by atoms with Crippen molar-refractivity contribution in [2.75, 3.05) is 24.7 Å². The Hall–Kier alpha value is -1.86. The lowest BCUT2D eigenvalue weighted by Crippen LogP contribution is -2.41. The first-order chi connectivity index (χ1) is 10.9. The number of hydrogen-bond donors (Lipinski definition) is 4. The molecular formula is C10H16N8O2S3. The number of nitrogens with one attached hydrogen (secondary N) is 3. The van der Waals surface area contributed by atoms with Gasteiger partial charge in [-0.2, -0.15) is 20.2 Å². The number of nitrogens with two attached hydrogens (primary N) is 1. The Kier molecular flexibility index (Phi) is 5.79. The van der Waals surface area contributed by atoms with Crippen LogP contribution in [0.5, 0.6) is 0 Å². The lowest BCUT2D eigenvalue weighted by atomic mass is 10.6. The number of anilines is 1. The molecule has 0 spiro atoms. The molecule has 0 atom stereocenters. The monoisotopic (exact) mass is 376 g/mol. The second kappa shape index (κ2) is 7.61. The van der Waals surface area contributed by atoms with Gasteiger partial charge in [-0.25, -0.2) is 4.98 Å². The lowest BCUT2D eigenvalue weighted by molar-refractivity contribution is 0.594. The second-order valence-corrected chi connectivity index (χ2v) is 7.61. The molecule has 0 fully saturated rings. The molecule has 10 nitrogen and oxygen atoms in total. The summed E-state index contributed by atoms with van der Waals surface area (Å²) in [7, 11) is -2.09. The van der Waals surface area contributed by atoms with Crippen molar-refractivity contribution in [3.8, 4) is 0 Å². The molecule has 1 aromatic heterocycles. The van der Waals surface area contributed by atoms with Crippen LogP contribution in [-0.4, -0.2) is 55.9 Å². The molecule has 0 amide bonds. The average molecular weight is 376 g/mol. The zero-order chi connectivity index (χ0) is 16.9. The molecule has 2 heterocycles. The fourth-order valence-electron chi connectivity index (χ4n) is 1.50. The minimum Gasteiger partial charge on any atom is -0.370 e. The Morgan fingerprint density at radius 2 is 2.35 bits per heavy atom. The minimum atomic E-state index is -3.75. The normalized spacial score (nSPS) is 16.0. The highest BCUT2D eigenvalue weighted by Crippen LogP contribution is 2.19. The van der Waals surface area contributed by atoms with E-state index in [2.05, 4.69) is 24.4 Å². The van der Waals surface area contributed by atoms with Gasteiger partial charge in [0.15, 0.2) is 11.1 Å². The van der Waals surface area contributed by atoms with Crippen molar-refractivity contribution >= 4 is 56.7 Å². The topological polar surface area (TPSA) is 149 Å². The van der Waals surface area contributed by atoms with E-state index in [4.69, 9.17) is 11.1 Å². The van der Waals surface area contributed by atoms with E-state index in [1.54, 1.807) is 18.8 Å². The molecule has 0 radical (unpaired) electrons. The van der Waals surface area contributed by atoms with E-state index in [0.29, 0.717) is 17.4 Å². The van der Waals surface area contributed by atoms with Gasteiger partial charge in [0.05, 0.1) is 5.69 Å². The molecular weight excluding hydrogens is 360 g/mol. The Balaban J connectivity index is 1.71. The summed E-state index contributed by atoms with van der Waals surface area (Å²) in [6, 6.07) is 0. The van der Waals surface area contributed by atoms with Gasteiger partial charge in [-0.1, -0.05) is 0 Å². The number of guanidine groups is 2. The van der Waals surface area contributed by atoms with Crippen molar-refractivity contribution < 1.29 is 8.42 Å². The second-order valence-electron chi connectivity index (χ2n) is 4.36. The first-order valence-electron chi connectivity index (χ1n) is 6.36. The summed E-state index contributed by atoms with van der Waals surface area (Å²) < 4.78 is 29.4. The van der Waals surface area contributed by atoms with Gasteiger partial charge < -0.3 is 21.3 Å². The predicted octanol–water partition coefficient (Wildman–Crippen LogP) is -0.154. The molecule has 0 saturated carbocycles. The lowest BCUT2D eigenvalue weighted by Gasteiger charge is -2.19. The summed E-state index contributed by atoms with van der Waals surface area (Å²) >= 11 is 3.03. The SMILES string of the molecule is CN1C=NS(=O)(=O)N=C1NCCSCc1csc(NC(=N)N)n1. The van der Waals surface area contributed by atoms with Crippen molar-refractivity contribution in [1.82, 2.24) is 15.2 Å². The highest BCUT2D eigenvalue weighted by molar-refractivity contribution is 7.98. The summed E-state index contributed by atoms with van der Waals surface area (Å²) in [4.78, 5) is 5.79. The number of thioether (sulfide) groups is 1. The van der Waals surface area contributed by atoms with Gasteiger partial charge in [0, 0.05) is 30.5 Å². The van der Waals surface area contributed by atoms with Crippen molar-refractivity contribution in [2.24, 2.45) is 14.5 Å². The molecule has 0 aliphatic carbocycles. The summed E-state index contributed by atoms with van der Waals surface area (Å²) in [5.74, 6) is 1.57. The summed E-state index contributed by atoms with van der Waals surface area (Å²) in [6.07, 6.45) is 1.20. The van der Waals surface area contributed by atoms with E-state index in [1.165, 1.54) is 22.6 Å². The van der Waals surface area contributed by atoms with E-state index < -0.39 is 10.2 Å². The van der Waals surface area contributed by atoms with Gasteiger partial charge in [0.1, 0.15) is 6.34 Å². The number of aromatic nitrogens is 1. The molecule has 1 aromatic rings. The van der Waals surface area contributed by atoms with Crippen molar-refractivity contribution in [2.45, 2.75) is 5.75 Å². The van der Waals surface area contributed by atoms with Crippen LogP contribution in [0.15, 0.2) is 14.2 Å². The fraction of sp³-hybridized carbons (Fsp3) is 0.400. The third-order valence-electron chi connectivity index (χ3n) is 2.46. The van der Waals surface area contributed by atoms with Gasteiger partial charge in [-0.15, -0.1) is 20.1 Å². The molecule has 1 aliphatic heterocycles. The first kappa shape index (κ1) is 17.5. The molecule has 23 heavy (non-hydrogen) atoms. The number of nitrogens with zero attached hydrogens (tertiary/aromatic N) is 4. The number of hydrogen-bond acceptors (Lipinski definition) is 8. The van der Waals surface area contributed by atoms with E-state index in [9.17, 15) is 8.42 Å². The van der Waals surface area contributed by atoms with E-state index >= 15 is 0 Å². The zero-order valence-electron chi connectivity index (χ0n) is 12.2. The largest absolute Gasteiger partial charge is 0.370 e. The Bertz CT molecular complexity index is 726. The van der Waals surface area contributed by atoms with Crippen LogP contribution in [0.3, 0.4) is 0 Å². The maximum absolute atomic E-state index is 11.3. The standard InChI is InChI=1S/C10H16N8O2S3/c1-18-6-14-23(19,20)17-9(18)13-2-3-21-4-7-5-22-10(15-7)16-8(11)12/h5-6H,2-4H2,1H3,(H,13,17)(H4,11,12,15,16). The van der Waals surface area contributed by atoms with Crippen LogP contribution in [0.4, 0.5) is 5.13 Å². The summed E-state index contributed by atoms with van der Waals surface area (Å²) in [5, 5.41) is 15.2. The average Bonchev–Trinajstić information content (AvgIpc) is 2.88. The maximum atomic E-state index is 11.3. The van der Waals surface area contributed by atoms with Crippen molar-refractivity contribution in [3.05, 3.63) is 11.1 Å². The van der Waals surface area contributed by atoms with Gasteiger partial charge in [-0.3, -0.25) is 5.41 Å². The minimum absolute atomic E-state index is 0.140. The smallest absolute Gasteiger partial charge is 0.367 e. The number of thiazole rings is 1. The van der Waals surface area contributed by atoms with Crippen LogP contribution in [0, 0.1) is 5.41 Å². The molecule has 2 rings (SSSR count). The van der Waals surface area contributed by atoms with Gasteiger partial charge in [0.2, 0.25) is 5.96 Å². The van der Waals surface area contributed by atoms with E-state index in [-0.39, 0.29) is 11.9 Å². The maximum Gasteiger partial charge on any atom is 0.367 e. The van der Waals surface area contributed by atoms with E-state index in [1.807, 2.05) is 5.38 Å². The molecule has 13 heteroatoms. The van der Waals surface area contributed by atoms with Crippen molar-refractivity contribution in [1.29, 1.82) is 5.41 Å². The Labute approximate surface area is 142 Å². The highest BCUT2D eigenvalue weighted by Gasteiger charge is 2.16. The molecule has 0 unspecified atom stereocenters. The highest BCUT2D eigenvalue weighted by atomic mass is 32.2. The van der Waals surface area contributed by atoms with E-state index in [0.717, 1.165) is 11.4 Å². The predicted molar refractivity (Wildman–Crippen MR) is 94.4 cm³/mol.